The highest BCUT2D eigenvalue weighted by Crippen LogP contribution is 2.25. The van der Waals surface area contributed by atoms with Gasteiger partial charge in [0.1, 0.15) is 17.8 Å². The normalized spacial score (nSPS) is 11.1. The first-order chi connectivity index (χ1) is 7.77. The lowest BCUT2D eigenvalue weighted by Crippen LogP contribution is -1.95. The predicted octanol–water partition coefficient (Wildman–Crippen LogP) is 1.03. The number of H-pyrrole nitrogens is 1. The van der Waals surface area contributed by atoms with Gasteiger partial charge < -0.3 is 5.73 Å². The van der Waals surface area contributed by atoms with Crippen LogP contribution in [-0.4, -0.2) is 24.7 Å². The zero-order valence-corrected chi connectivity index (χ0v) is 8.68. The van der Waals surface area contributed by atoms with Gasteiger partial charge in [-0.3, -0.25) is 9.67 Å². The van der Waals surface area contributed by atoms with Crippen LogP contribution in [0.5, 0.6) is 0 Å². The van der Waals surface area contributed by atoms with E-state index in [-0.39, 0.29) is 0 Å². The van der Waals surface area contributed by atoms with Crippen LogP contribution in [0, 0.1) is 6.92 Å². The molecule has 0 aromatic carbocycles. The molecule has 0 spiro atoms. The molecule has 80 valence electrons. The van der Waals surface area contributed by atoms with E-state index in [1.165, 1.54) is 6.33 Å². The van der Waals surface area contributed by atoms with Gasteiger partial charge in [0.15, 0.2) is 0 Å². The Labute approximate surface area is 91.1 Å². The Balaban J connectivity index is 2.40. The average molecular weight is 214 g/mol. The van der Waals surface area contributed by atoms with Crippen LogP contribution in [0.15, 0.2) is 24.9 Å². The Morgan fingerprint density at radius 1 is 1.38 bits per heavy atom. The molecular weight excluding hydrogens is 204 g/mol. The van der Waals surface area contributed by atoms with Crippen molar-refractivity contribution >= 4 is 16.9 Å². The summed E-state index contributed by atoms with van der Waals surface area (Å²) in [4.78, 5) is 8.24. The summed E-state index contributed by atoms with van der Waals surface area (Å²) >= 11 is 0. The molecule has 0 aliphatic heterocycles. The monoisotopic (exact) mass is 214 g/mol. The average Bonchev–Trinajstić information content (AvgIpc) is 2.86. The highest BCUT2D eigenvalue weighted by Gasteiger charge is 2.11. The van der Waals surface area contributed by atoms with E-state index in [4.69, 9.17) is 5.73 Å². The topological polar surface area (TPSA) is 85.4 Å². The summed E-state index contributed by atoms with van der Waals surface area (Å²) in [5.74, 6) is 0.504. The van der Waals surface area contributed by atoms with E-state index >= 15 is 0 Å². The molecule has 6 heteroatoms. The lowest BCUT2D eigenvalue weighted by molar-refractivity contribution is 1.07. The third-order valence-corrected chi connectivity index (χ3v) is 2.56. The minimum absolute atomic E-state index is 0.504. The number of aryl methyl sites for hydroxylation is 1. The molecule has 16 heavy (non-hydrogen) atoms. The smallest absolute Gasteiger partial charge is 0.150 e. The van der Waals surface area contributed by atoms with E-state index < -0.39 is 0 Å². The first-order valence-corrected chi connectivity index (χ1v) is 4.84. The number of rotatable bonds is 1. The summed E-state index contributed by atoms with van der Waals surface area (Å²) in [7, 11) is 0. The van der Waals surface area contributed by atoms with Crippen LogP contribution in [0.3, 0.4) is 0 Å². The van der Waals surface area contributed by atoms with Gasteiger partial charge in [-0.2, -0.15) is 5.10 Å². The van der Waals surface area contributed by atoms with Gasteiger partial charge >= 0.3 is 0 Å². The largest absolute Gasteiger partial charge is 0.383 e. The molecule has 0 bridgehead atoms. The van der Waals surface area contributed by atoms with Crippen molar-refractivity contribution in [3.63, 3.8) is 0 Å². The minimum Gasteiger partial charge on any atom is -0.383 e. The zero-order chi connectivity index (χ0) is 11.1. The van der Waals surface area contributed by atoms with Gasteiger partial charge in [-0.05, 0) is 12.5 Å². The molecule has 0 saturated heterocycles. The minimum atomic E-state index is 0.504. The lowest BCUT2D eigenvalue weighted by Gasteiger charge is -1.99. The second kappa shape index (κ2) is 3.06. The molecule has 0 radical (unpaired) electrons. The van der Waals surface area contributed by atoms with Crippen LogP contribution in [-0.2, 0) is 0 Å². The molecule has 0 unspecified atom stereocenters. The number of hydrogen-bond acceptors (Lipinski definition) is 4. The summed E-state index contributed by atoms with van der Waals surface area (Å²) in [5.41, 5.74) is 8.61. The highest BCUT2D eigenvalue weighted by molar-refractivity contribution is 5.90. The molecule has 3 rings (SSSR count). The van der Waals surface area contributed by atoms with Gasteiger partial charge in [0, 0.05) is 12.4 Å². The van der Waals surface area contributed by atoms with Crippen molar-refractivity contribution in [2.24, 2.45) is 0 Å². The summed E-state index contributed by atoms with van der Waals surface area (Å²) in [6.45, 7) is 1.98. The fourth-order valence-corrected chi connectivity index (χ4v) is 1.84. The maximum Gasteiger partial charge on any atom is 0.150 e. The van der Waals surface area contributed by atoms with Crippen molar-refractivity contribution in [2.45, 2.75) is 6.92 Å². The van der Waals surface area contributed by atoms with Gasteiger partial charge in [-0.1, -0.05) is 0 Å². The van der Waals surface area contributed by atoms with Crippen LogP contribution in [0.4, 0.5) is 5.82 Å². The second-order valence-electron chi connectivity index (χ2n) is 3.60. The van der Waals surface area contributed by atoms with Crippen molar-refractivity contribution in [2.75, 3.05) is 5.73 Å². The predicted molar refractivity (Wildman–Crippen MR) is 60.2 cm³/mol. The number of aromatic nitrogens is 5. The van der Waals surface area contributed by atoms with E-state index in [9.17, 15) is 0 Å². The summed E-state index contributed by atoms with van der Waals surface area (Å²) in [6.07, 6.45) is 6.97. The Morgan fingerprint density at radius 2 is 2.25 bits per heavy atom. The maximum absolute atomic E-state index is 5.84. The van der Waals surface area contributed by atoms with Gasteiger partial charge in [-0.25, -0.2) is 9.97 Å². The van der Waals surface area contributed by atoms with E-state index in [1.807, 2.05) is 17.7 Å². The Hall–Kier alpha value is -2.37. The first-order valence-electron chi connectivity index (χ1n) is 4.84. The molecule has 0 atom stereocenters. The maximum atomic E-state index is 5.84. The van der Waals surface area contributed by atoms with E-state index in [0.717, 1.165) is 22.3 Å². The van der Waals surface area contributed by atoms with Gasteiger partial charge in [0.25, 0.3) is 0 Å². The fourth-order valence-electron chi connectivity index (χ4n) is 1.84. The number of nitrogen functional groups attached to an aromatic ring is 1. The van der Waals surface area contributed by atoms with Crippen LogP contribution in [0.2, 0.25) is 0 Å². The first kappa shape index (κ1) is 8.90. The van der Waals surface area contributed by atoms with Crippen molar-refractivity contribution in [1.29, 1.82) is 0 Å². The summed E-state index contributed by atoms with van der Waals surface area (Å²) in [6, 6.07) is 0. The summed E-state index contributed by atoms with van der Waals surface area (Å²) in [5, 5.41) is 7.58. The number of nitrogens with zero attached hydrogens (tertiary/aromatic N) is 4. The number of nitrogens with one attached hydrogen (secondary N) is 1. The SMILES string of the molecule is Cc1cn(-c2cn[nH]c2)c2ncnc(N)c12. The van der Waals surface area contributed by atoms with E-state index in [0.29, 0.717) is 5.82 Å². The van der Waals surface area contributed by atoms with Crippen molar-refractivity contribution in [1.82, 2.24) is 24.7 Å². The Morgan fingerprint density at radius 3 is 3.00 bits per heavy atom. The molecule has 3 aromatic rings. The third kappa shape index (κ3) is 1.10. The van der Waals surface area contributed by atoms with E-state index in [1.54, 1.807) is 12.4 Å². The van der Waals surface area contributed by atoms with Crippen LogP contribution in [0.1, 0.15) is 5.56 Å². The molecule has 0 amide bonds. The number of aromatic amines is 1. The molecule has 0 saturated carbocycles. The molecular formula is C10H10N6. The Bertz CT molecular complexity index is 637. The highest BCUT2D eigenvalue weighted by atomic mass is 15.1. The third-order valence-electron chi connectivity index (χ3n) is 2.56. The zero-order valence-electron chi connectivity index (χ0n) is 8.68. The number of nitrogens with two attached hydrogens (primary N) is 1. The second-order valence-corrected chi connectivity index (χ2v) is 3.60. The van der Waals surface area contributed by atoms with Gasteiger partial charge in [0.2, 0.25) is 0 Å². The standard InChI is InChI=1S/C10H10N6/c1-6-4-16(7-2-14-15-3-7)10-8(6)9(11)12-5-13-10/h2-5H,1H3,(H,14,15)(H2,11,12,13). The lowest BCUT2D eigenvalue weighted by atomic mass is 10.2. The molecule has 0 fully saturated rings. The Kier molecular flexibility index (Phi) is 1.70. The van der Waals surface area contributed by atoms with Crippen LogP contribution < -0.4 is 5.73 Å². The van der Waals surface area contributed by atoms with Gasteiger partial charge in [-0.15, -0.1) is 0 Å². The summed E-state index contributed by atoms with van der Waals surface area (Å²) < 4.78 is 1.94. The van der Waals surface area contributed by atoms with E-state index in [2.05, 4.69) is 20.2 Å². The van der Waals surface area contributed by atoms with Crippen LogP contribution >= 0.6 is 0 Å². The molecule has 3 aromatic heterocycles. The molecule has 3 N–H and O–H groups in total. The molecule has 0 aliphatic rings. The molecule has 0 aliphatic carbocycles. The number of fused-ring (bicyclic) bond motifs is 1. The number of anilines is 1. The fraction of sp³-hybridized carbons (Fsp3) is 0.100. The van der Waals surface area contributed by atoms with Crippen molar-refractivity contribution in [3.05, 3.63) is 30.5 Å². The molecule has 3 heterocycles. The van der Waals surface area contributed by atoms with Gasteiger partial charge in [0.05, 0.1) is 17.3 Å². The molecule has 6 nitrogen and oxygen atoms in total. The number of hydrogen-bond donors (Lipinski definition) is 2. The van der Waals surface area contributed by atoms with Crippen molar-refractivity contribution in [3.8, 4) is 5.69 Å². The van der Waals surface area contributed by atoms with Crippen LogP contribution in [0.25, 0.3) is 16.7 Å². The quantitative estimate of drug-likeness (QED) is 0.633. The van der Waals surface area contributed by atoms with Crippen molar-refractivity contribution < 1.29 is 0 Å².